The fourth-order valence-corrected chi connectivity index (χ4v) is 2.89. The lowest BCUT2D eigenvalue weighted by molar-refractivity contribution is 0.0845. The molecule has 1 aliphatic heterocycles. The first-order chi connectivity index (χ1) is 11.2. The van der Waals surface area contributed by atoms with E-state index in [2.05, 4.69) is 32.9 Å². The Kier molecular flexibility index (Phi) is 4.70. The molecule has 6 heteroatoms. The Hall–Kier alpha value is -2.23. The summed E-state index contributed by atoms with van der Waals surface area (Å²) in [6.45, 7) is 8.87. The van der Waals surface area contributed by atoms with Gasteiger partial charge in [-0.25, -0.2) is 0 Å². The molecule has 1 aromatic carbocycles. The van der Waals surface area contributed by atoms with Crippen LogP contribution in [0.25, 0.3) is 0 Å². The summed E-state index contributed by atoms with van der Waals surface area (Å²) in [5.41, 5.74) is 1.96. The first kappa shape index (κ1) is 15.7. The van der Waals surface area contributed by atoms with E-state index < -0.39 is 0 Å². The Labute approximate surface area is 136 Å². The first-order valence-electron chi connectivity index (χ1n) is 7.91. The number of hydrogen-bond acceptors (Lipinski definition) is 6. The zero-order chi connectivity index (χ0) is 16.2. The highest BCUT2D eigenvalue weighted by atomic mass is 16.5. The van der Waals surface area contributed by atoms with Gasteiger partial charge >= 0.3 is 0 Å². The van der Waals surface area contributed by atoms with Gasteiger partial charge < -0.3 is 4.52 Å². The van der Waals surface area contributed by atoms with Crippen molar-refractivity contribution in [2.45, 2.75) is 26.4 Å². The molecule has 0 radical (unpaired) electrons. The van der Waals surface area contributed by atoms with E-state index in [0.717, 1.165) is 32.7 Å². The highest BCUT2D eigenvalue weighted by Crippen LogP contribution is 2.20. The van der Waals surface area contributed by atoms with Crippen molar-refractivity contribution in [3.8, 4) is 6.07 Å². The Bertz CT molecular complexity index is 680. The van der Waals surface area contributed by atoms with Gasteiger partial charge in [0.05, 0.1) is 17.7 Å². The zero-order valence-electron chi connectivity index (χ0n) is 13.6. The summed E-state index contributed by atoms with van der Waals surface area (Å²) in [5, 5.41) is 12.7. The molecule has 23 heavy (non-hydrogen) atoms. The molecule has 120 valence electrons. The second kappa shape index (κ2) is 6.90. The fraction of sp³-hybridized carbons (Fsp3) is 0.471. The molecule has 0 aliphatic carbocycles. The summed E-state index contributed by atoms with van der Waals surface area (Å²) in [7, 11) is 0. The van der Waals surface area contributed by atoms with Gasteiger partial charge in [0.15, 0.2) is 5.82 Å². The number of nitrogens with zero attached hydrogens (tertiary/aromatic N) is 5. The van der Waals surface area contributed by atoms with E-state index in [1.807, 2.05) is 31.2 Å². The molecule has 0 bridgehead atoms. The molecule has 2 aromatic rings. The molecule has 1 fully saturated rings. The maximum absolute atomic E-state index is 8.84. The van der Waals surface area contributed by atoms with E-state index in [1.54, 1.807) is 0 Å². The summed E-state index contributed by atoms with van der Waals surface area (Å²) in [4.78, 5) is 9.14. The fourth-order valence-electron chi connectivity index (χ4n) is 2.89. The molecule has 0 spiro atoms. The Morgan fingerprint density at radius 3 is 2.48 bits per heavy atom. The second-order valence-electron chi connectivity index (χ2n) is 5.98. The standard InChI is InChI=1S/C17H21N5O/c1-13(17-19-14(2)20-23-17)22-9-7-21(8-10-22)12-16-5-3-15(11-18)4-6-16/h3-6,13H,7-10,12H2,1-2H3. The van der Waals surface area contributed by atoms with E-state index >= 15 is 0 Å². The molecule has 3 rings (SSSR count). The molecule has 1 aromatic heterocycles. The van der Waals surface area contributed by atoms with Gasteiger partial charge in [0.25, 0.3) is 0 Å². The van der Waals surface area contributed by atoms with E-state index in [-0.39, 0.29) is 6.04 Å². The smallest absolute Gasteiger partial charge is 0.243 e. The van der Waals surface area contributed by atoms with Gasteiger partial charge in [-0.1, -0.05) is 17.3 Å². The summed E-state index contributed by atoms with van der Waals surface area (Å²) >= 11 is 0. The van der Waals surface area contributed by atoms with Gasteiger partial charge in [0.2, 0.25) is 5.89 Å². The number of nitriles is 1. The minimum absolute atomic E-state index is 0.160. The zero-order valence-corrected chi connectivity index (χ0v) is 13.6. The van der Waals surface area contributed by atoms with Crippen LogP contribution in [-0.4, -0.2) is 46.1 Å². The average molecular weight is 311 g/mol. The molecule has 1 unspecified atom stereocenters. The van der Waals surface area contributed by atoms with Crippen LogP contribution in [0.2, 0.25) is 0 Å². The van der Waals surface area contributed by atoms with Gasteiger partial charge in [-0.05, 0) is 31.5 Å². The third kappa shape index (κ3) is 3.76. The summed E-state index contributed by atoms with van der Waals surface area (Å²) in [6.07, 6.45) is 0. The highest BCUT2D eigenvalue weighted by molar-refractivity contribution is 5.31. The Morgan fingerprint density at radius 2 is 1.91 bits per heavy atom. The van der Waals surface area contributed by atoms with Crippen molar-refractivity contribution in [2.75, 3.05) is 26.2 Å². The lowest BCUT2D eigenvalue weighted by Gasteiger charge is -2.36. The van der Waals surface area contributed by atoms with Crippen LogP contribution < -0.4 is 0 Å². The largest absolute Gasteiger partial charge is 0.338 e. The summed E-state index contributed by atoms with van der Waals surface area (Å²) < 4.78 is 5.28. The minimum atomic E-state index is 0.160. The van der Waals surface area contributed by atoms with Crippen molar-refractivity contribution < 1.29 is 4.52 Å². The molecular formula is C17H21N5O. The molecule has 1 saturated heterocycles. The molecule has 1 aliphatic rings. The monoisotopic (exact) mass is 311 g/mol. The van der Waals surface area contributed by atoms with Crippen LogP contribution in [0.3, 0.4) is 0 Å². The molecule has 1 atom stereocenters. The van der Waals surface area contributed by atoms with Crippen LogP contribution in [0.1, 0.15) is 35.8 Å². The van der Waals surface area contributed by atoms with Gasteiger partial charge in [-0.3, -0.25) is 9.80 Å². The lowest BCUT2D eigenvalue weighted by Crippen LogP contribution is -2.46. The van der Waals surface area contributed by atoms with Crippen molar-refractivity contribution in [1.82, 2.24) is 19.9 Å². The maximum Gasteiger partial charge on any atom is 0.243 e. The van der Waals surface area contributed by atoms with Crippen LogP contribution in [-0.2, 0) is 6.54 Å². The quantitative estimate of drug-likeness (QED) is 0.861. The topological polar surface area (TPSA) is 69.2 Å². The number of aryl methyl sites for hydroxylation is 1. The maximum atomic E-state index is 8.84. The third-order valence-corrected chi connectivity index (χ3v) is 4.34. The molecule has 0 N–H and O–H groups in total. The summed E-state index contributed by atoms with van der Waals surface area (Å²) in [6, 6.07) is 10.1. The number of hydrogen-bond donors (Lipinski definition) is 0. The van der Waals surface area contributed by atoms with E-state index in [1.165, 1.54) is 5.56 Å². The second-order valence-corrected chi connectivity index (χ2v) is 5.98. The first-order valence-corrected chi connectivity index (χ1v) is 7.91. The number of piperazine rings is 1. The van der Waals surface area contributed by atoms with Crippen molar-refractivity contribution in [1.29, 1.82) is 5.26 Å². The van der Waals surface area contributed by atoms with Gasteiger partial charge in [-0.2, -0.15) is 10.2 Å². The van der Waals surface area contributed by atoms with Gasteiger partial charge in [0, 0.05) is 32.7 Å². The van der Waals surface area contributed by atoms with E-state index in [0.29, 0.717) is 17.3 Å². The van der Waals surface area contributed by atoms with Gasteiger partial charge in [-0.15, -0.1) is 0 Å². The molecule has 6 nitrogen and oxygen atoms in total. The number of benzene rings is 1. The Morgan fingerprint density at radius 1 is 1.22 bits per heavy atom. The average Bonchev–Trinajstić information content (AvgIpc) is 3.02. The lowest BCUT2D eigenvalue weighted by atomic mass is 10.1. The molecule has 0 saturated carbocycles. The van der Waals surface area contributed by atoms with E-state index in [9.17, 15) is 0 Å². The summed E-state index contributed by atoms with van der Waals surface area (Å²) in [5.74, 6) is 1.38. The highest BCUT2D eigenvalue weighted by Gasteiger charge is 2.25. The van der Waals surface area contributed by atoms with Crippen LogP contribution in [0.5, 0.6) is 0 Å². The predicted octanol–water partition coefficient (Wildman–Crippen LogP) is 2.13. The SMILES string of the molecule is Cc1noc(C(C)N2CCN(Cc3ccc(C#N)cc3)CC2)n1. The van der Waals surface area contributed by atoms with Crippen molar-refractivity contribution in [3.05, 3.63) is 47.1 Å². The Balaban J connectivity index is 1.52. The van der Waals surface area contributed by atoms with Crippen molar-refractivity contribution in [3.63, 3.8) is 0 Å². The normalized spacial score (nSPS) is 17.8. The van der Waals surface area contributed by atoms with Crippen LogP contribution in [0.4, 0.5) is 0 Å². The third-order valence-electron chi connectivity index (χ3n) is 4.34. The van der Waals surface area contributed by atoms with Crippen LogP contribution in [0.15, 0.2) is 28.8 Å². The number of rotatable bonds is 4. The van der Waals surface area contributed by atoms with E-state index in [4.69, 9.17) is 9.78 Å². The van der Waals surface area contributed by atoms with Crippen LogP contribution >= 0.6 is 0 Å². The van der Waals surface area contributed by atoms with Gasteiger partial charge in [0.1, 0.15) is 0 Å². The van der Waals surface area contributed by atoms with Crippen molar-refractivity contribution >= 4 is 0 Å². The molecule has 0 amide bonds. The number of aromatic nitrogens is 2. The molecule has 2 heterocycles. The molecular weight excluding hydrogens is 290 g/mol. The van der Waals surface area contributed by atoms with Crippen LogP contribution in [0, 0.1) is 18.3 Å². The predicted molar refractivity (Wildman–Crippen MR) is 85.5 cm³/mol. The minimum Gasteiger partial charge on any atom is -0.338 e. The van der Waals surface area contributed by atoms with Crippen molar-refractivity contribution in [2.24, 2.45) is 0 Å².